The lowest BCUT2D eigenvalue weighted by Gasteiger charge is -2.54. The average molecular weight is 808 g/mol. The smallest absolute Gasteiger partial charge is 0.343 e. The van der Waals surface area contributed by atoms with Crippen molar-refractivity contribution in [3.05, 3.63) is 94.4 Å². The Morgan fingerprint density at radius 3 is 2.63 bits per heavy atom. The van der Waals surface area contributed by atoms with Crippen LogP contribution in [0.4, 0.5) is 0 Å². The van der Waals surface area contributed by atoms with Crippen molar-refractivity contribution in [2.45, 2.75) is 132 Å². The van der Waals surface area contributed by atoms with E-state index in [2.05, 4.69) is 95.0 Å². The van der Waals surface area contributed by atoms with Crippen LogP contribution in [0.1, 0.15) is 109 Å². The Morgan fingerprint density at radius 2 is 1.82 bits per heavy atom. The van der Waals surface area contributed by atoms with E-state index in [1.165, 1.54) is 62.5 Å². The van der Waals surface area contributed by atoms with Crippen molar-refractivity contribution < 1.29 is 24.1 Å². The van der Waals surface area contributed by atoms with Crippen molar-refractivity contribution in [3.8, 4) is 0 Å². The number of rotatable bonds is 2. The maximum atomic E-state index is 13.6. The highest BCUT2D eigenvalue weighted by molar-refractivity contribution is 8.77. The molecule has 57 heavy (non-hydrogen) atoms. The van der Waals surface area contributed by atoms with Crippen molar-refractivity contribution in [1.82, 2.24) is 4.90 Å². The lowest BCUT2D eigenvalue weighted by Crippen LogP contribution is -2.62. The predicted molar refractivity (Wildman–Crippen MR) is 227 cm³/mol. The van der Waals surface area contributed by atoms with E-state index < -0.39 is 6.10 Å². The van der Waals surface area contributed by atoms with Gasteiger partial charge in [0.25, 0.3) is 0 Å². The molecule has 11 rings (SSSR count). The number of piperidine rings is 1. The van der Waals surface area contributed by atoms with E-state index in [0.717, 1.165) is 49.7 Å². The summed E-state index contributed by atoms with van der Waals surface area (Å²) in [6, 6.07) is 11.9. The average Bonchev–Trinajstić information content (AvgIpc) is 3.92. The highest BCUT2D eigenvalue weighted by Crippen LogP contribution is 2.74. The summed E-state index contributed by atoms with van der Waals surface area (Å²) in [5, 5.41) is 13.9. The van der Waals surface area contributed by atoms with E-state index in [9.17, 15) is 9.90 Å². The summed E-state index contributed by atoms with van der Waals surface area (Å²) in [4.78, 5) is 15.7. The molecule has 3 saturated carbocycles. The van der Waals surface area contributed by atoms with Gasteiger partial charge in [-0.05, 0) is 117 Å². The minimum Gasteiger partial charge on any atom is -0.492 e. The molecule has 5 fully saturated rings. The number of aliphatic hydroxyl groups excluding tert-OH is 1. The molecule has 8 heteroatoms. The standard InChI is InChI=1S/C49H61NO5S2/c1-27-15-16-32-33(24-27)43(51)42-40-34(25-36-39-28(2)45(54-37(39)14-11-23-50(36)42)46-44(53-4)29(3)47(52)55-46)41(30-12-7-5-8-13-30)48-22-19-31(26-48)49(20-9-6-10-21-49)57-56-38(32)18-17-35(40)48/h5,7-8,12-14,16-18,27-28,31,33-36,38-43,51H,6,9-11,15,19-26H2,1-4H3. The number of allylic oxidation sites excluding steroid dienone is 3. The van der Waals surface area contributed by atoms with Crippen molar-refractivity contribution >= 4 is 27.6 Å². The van der Waals surface area contributed by atoms with Crippen LogP contribution in [-0.2, 0) is 19.0 Å². The van der Waals surface area contributed by atoms with Crippen molar-refractivity contribution in [1.29, 1.82) is 0 Å². The Bertz CT molecular complexity index is 1960. The Labute approximate surface area is 347 Å². The monoisotopic (exact) mass is 807 g/mol. The zero-order chi connectivity index (χ0) is 38.8. The third-order valence-electron chi connectivity index (χ3n) is 17.4. The summed E-state index contributed by atoms with van der Waals surface area (Å²) in [5.41, 5.74) is 3.68. The highest BCUT2D eigenvalue weighted by atomic mass is 33.1. The zero-order valence-electron chi connectivity index (χ0n) is 34.2. The quantitative estimate of drug-likeness (QED) is 0.180. The SMILES string of the molecule is COC1=C(C)C(=O)OC1=C1OC2=CCCN3C(CC4C5C3C(O)C3CC(C)CC=C3C3C=CC5C5(CCC(C5)C5(CCCCC5)SS3)C4c3ccccc3)C2C1C. The number of carbonyl (C=O) groups is 1. The van der Waals surface area contributed by atoms with E-state index >= 15 is 0 Å². The number of ether oxygens (including phenoxy) is 3. The molecule has 1 aromatic rings. The van der Waals surface area contributed by atoms with Gasteiger partial charge in [-0.25, -0.2) is 4.79 Å². The number of aliphatic hydroxyl groups is 1. The number of hydrogen-bond acceptors (Lipinski definition) is 8. The van der Waals surface area contributed by atoms with Gasteiger partial charge in [-0.3, -0.25) is 4.90 Å². The summed E-state index contributed by atoms with van der Waals surface area (Å²) in [7, 11) is 6.08. The molecule has 0 radical (unpaired) electrons. The summed E-state index contributed by atoms with van der Waals surface area (Å²) < 4.78 is 18.9. The molecule has 10 aliphatic rings. The van der Waals surface area contributed by atoms with Gasteiger partial charge < -0.3 is 19.3 Å². The maximum absolute atomic E-state index is 13.6. The summed E-state index contributed by atoms with van der Waals surface area (Å²) in [5.74, 6) is 5.49. The van der Waals surface area contributed by atoms with Crippen LogP contribution in [0, 0.1) is 52.8 Å². The molecule has 14 unspecified atom stereocenters. The van der Waals surface area contributed by atoms with E-state index in [4.69, 9.17) is 14.2 Å². The molecule has 304 valence electrons. The minimum absolute atomic E-state index is 0.0115. The fourth-order valence-electron chi connectivity index (χ4n) is 15.1. The number of fused-ring (bicyclic) bond motifs is 9. The molecule has 5 aliphatic carbocycles. The second-order valence-electron chi connectivity index (χ2n) is 19.9. The molecule has 0 amide bonds. The second-order valence-corrected chi connectivity index (χ2v) is 22.7. The molecule has 5 aliphatic heterocycles. The molecule has 1 aromatic carbocycles. The van der Waals surface area contributed by atoms with Crippen molar-refractivity contribution in [2.75, 3.05) is 13.7 Å². The largest absolute Gasteiger partial charge is 0.492 e. The second kappa shape index (κ2) is 14.1. The molecular formula is C49H61NO5S2. The summed E-state index contributed by atoms with van der Waals surface area (Å²) in [6.45, 7) is 7.38. The first-order valence-corrected chi connectivity index (χ1v) is 24.8. The highest BCUT2D eigenvalue weighted by Gasteiger charge is 2.69. The lowest BCUT2D eigenvalue weighted by atomic mass is 9.64. The van der Waals surface area contributed by atoms with Crippen LogP contribution in [-0.4, -0.2) is 57.8 Å². The molecule has 1 N–H and O–H groups in total. The van der Waals surface area contributed by atoms with Crippen LogP contribution >= 0.6 is 21.6 Å². The lowest BCUT2D eigenvalue weighted by molar-refractivity contribution is -0.133. The first-order valence-electron chi connectivity index (χ1n) is 22.5. The fraction of sp³-hybridized carbons (Fsp3) is 0.653. The van der Waals surface area contributed by atoms with E-state index in [1.807, 2.05) is 0 Å². The van der Waals surface area contributed by atoms with Gasteiger partial charge in [-0.15, -0.1) is 0 Å². The fourth-order valence-corrected chi connectivity index (χ4v) is 19.1. The number of carbonyl (C=O) groups excluding carboxylic acids is 1. The molecular weight excluding hydrogens is 747 g/mol. The molecule has 2 saturated heterocycles. The van der Waals surface area contributed by atoms with Crippen molar-refractivity contribution in [3.63, 3.8) is 0 Å². The van der Waals surface area contributed by atoms with Crippen LogP contribution in [0.2, 0.25) is 0 Å². The molecule has 4 bridgehead atoms. The number of esters is 1. The van der Waals surface area contributed by atoms with E-state index in [0.29, 0.717) is 56.7 Å². The molecule has 2 spiro atoms. The molecule has 6 nitrogen and oxygen atoms in total. The predicted octanol–water partition coefficient (Wildman–Crippen LogP) is 10.5. The van der Waals surface area contributed by atoms with Gasteiger partial charge in [0.15, 0.2) is 11.5 Å². The minimum atomic E-state index is -0.448. The zero-order valence-corrected chi connectivity index (χ0v) is 35.9. The first-order chi connectivity index (χ1) is 27.7. The number of methoxy groups -OCH3 is 1. The number of benzene rings is 1. The van der Waals surface area contributed by atoms with Gasteiger partial charge in [-0.1, -0.05) is 109 Å². The van der Waals surface area contributed by atoms with Crippen LogP contribution in [0.5, 0.6) is 0 Å². The summed E-state index contributed by atoms with van der Waals surface area (Å²) in [6.07, 6.45) is 24.8. The number of hydrogen-bond donors (Lipinski definition) is 1. The Balaban J connectivity index is 1.10. The van der Waals surface area contributed by atoms with Crippen LogP contribution in [0.25, 0.3) is 0 Å². The third-order valence-corrected chi connectivity index (χ3v) is 21.1. The first kappa shape index (κ1) is 37.6. The van der Waals surface area contributed by atoms with Gasteiger partial charge in [0, 0.05) is 41.1 Å². The number of cyclic esters (lactones) is 1. The topological polar surface area (TPSA) is 68.2 Å². The van der Waals surface area contributed by atoms with E-state index in [1.54, 1.807) is 14.0 Å². The van der Waals surface area contributed by atoms with Gasteiger partial charge in [0.2, 0.25) is 5.76 Å². The normalized spacial score (nSPS) is 45.8. The maximum Gasteiger partial charge on any atom is 0.343 e. The van der Waals surface area contributed by atoms with Gasteiger partial charge in [0.1, 0.15) is 5.76 Å². The van der Waals surface area contributed by atoms with Gasteiger partial charge in [0.05, 0.1) is 24.0 Å². The van der Waals surface area contributed by atoms with Crippen LogP contribution < -0.4 is 0 Å². The molecule has 14 atom stereocenters. The summed E-state index contributed by atoms with van der Waals surface area (Å²) >= 11 is 0. The number of nitrogens with zero attached hydrogens (tertiary/aromatic N) is 1. The molecule has 5 heterocycles. The van der Waals surface area contributed by atoms with Crippen molar-refractivity contribution in [2.24, 2.45) is 52.8 Å². The van der Waals surface area contributed by atoms with Gasteiger partial charge in [-0.2, -0.15) is 0 Å². The van der Waals surface area contributed by atoms with Crippen LogP contribution in [0.15, 0.2) is 88.8 Å². The Hall–Kier alpha value is -2.39. The van der Waals surface area contributed by atoms with Gasteiger partial charge >= 0.3 is 5.97 Å². The molecule has 0 aromatic heterocycles. The third kappa shape index (κ3) is 5.54. The Kier molecular flexibility index (Phi) is 9.30. The Morgan fingerprint density at radius 1 is 1.00 bits per heavy atom. The van der Waals surface area contributed by atoms with E-state index in [-0.39, 0.29) is 41.2 Å². The van der Waals surface area contributed by atoms with Crippen LogP contribution in [0.3, 0.4) is 0 Å².